The van der Waals surface area contributed by atoms with Crippen molar-refractivity contribution < 1.29 is 4.74 Å². The van der Waals surface area contributed by atoms with Gasteiger partial charge in [-0.05, 0) is 33.4 Å². The van der Waals surface area contributed by atoms with Crippen molar-refractivity contribution in [2.24, 2.45) is 0 Å². The van der Waals surface area contributed by atoms with E-state index in [0.29, 0.717) is 6.61 Å². The van der Waals surface area contributed by atoms with Crippen LogP contribution in [0.4, 0.5) is 0 Å². The van der Waals surface area contributed by atoms with Gasteiger partial charge in [-0.3, -0.25) is 0 Å². The molecule has 1 rings (SSSR count). The van der Waals surface area contributed by atoms with Gasteiger partial charge in [0, 0.05) is 18.8 Å². The number of hydrogen-bond donors (Lipinski definition) is 1. The van der Waals surface area contributed by atoms with Gasteiger partial charge in [-0.1, -0.05) is 6.92 Å². The Balaban J connectivity index is 2.92. The summed E-state index contributed by atoms with van der Waals surface area (Å²) < 4.78 is 5.62. The molecule has 1 unspecified atom stereocenters. The van der Waals surface area contributed by atoms with E-state index in [-0.39, 0.29) is 6.10 Å². The highest BCUT2D eigenvalue weighted by Gasteiger charge is 2.13. The Labute approximate surface area is 97.5 Å². The van der Waals surface area contributed by atoms with E-state index in [4.69, 9.17) is 4.74 Å². The molecule has 0 amide bonds. The van der Waals surface area contributed by atoms with Crippen molar-refractivity contribution in [2.75, 3.05) is 13.7 Å². The molecule has 0 aliphatic heterocycles. The summed E-state index contributed by atoms with van der Waals surface area (Å²) in [6, 6.07) is 2.00. The van der Waals surface area contributed by atoms with Crippen molar-refractivity contribution >= 4 is 0 Å². The Kier molecular flexibility index (Phi) is 5.35. The van der Waals surface area contributed by atoms with Crippen LogP contribution in [0.5, 0.6) is 0 Å². The molecular weight excluding hydrogens is 202 g/mol. The van der Waals surface area contributed by atoms with Crippen LogP contribution in [-0.4, -0.2) is 23.6 Å². The first-order valence-electron chi connectivity index (χ1n) is 5.81. The highest BCUT2D eigenvalue weighted by molar-refractivity contribution is 5.11. The molecule has 1 aromatic heterocycles. The smallest absolute Gasteiger partial charge is 0.157 e. The quantitative estimate of drug-likeness (QED) is 0.801. The molecule has 0 saturated heterocycles. The summed E-state index contributed by atoms with van der Waals surface area (Å²) in [5, 5.41) is 3.10. The van der Waals surface area contributed by atoms with Crippen molar-refractivity contribution in [1.29, 1.82) is 0 Å². The maximum atomic E-state index is 5.62. The molecule has 4 nitrogen and oxygen atoms in total. The lowest BCUT2D eigenvalue weighted by atomic mass is 10.2. The van der Waals surface area contributed by atoms with Crippen LogP contribution >= 0.6 is 0 Å². The van der Waals surface area contributed by atoms with Gasteiger partial charge in [0.25, 0.3) is 0 Å². The number of nitrogens with zero attached hydrogens (tertiary/aromatic N) is 2. The number of aromatic nitrogens is 2. The zero-order valence-electron chi connectivity index (χ0n) is 10.6. The van der Waals surface area contributed by atoms with Crippen LogP contribution in [0.3, 0.4) is 0 Å². The minimum absolute atomic E-state index is 0.0144. The van der Waals surface area contributed by atoms with Crippen molar-refractivity contribution in [2.45, 2.75) is 39.8 Å². The lowest BCUT2D eigenvalue weighted by molar-refractivity contribution is 0.0532. The average molecular weight is 223 g/mol. The maximum Gasteiger partial charge on any atom is 0.157 e. The van der Waals surface area contributed by atoms with Crippen LogP contribution in [0.1, 0.15) is 43.6 Å². The lowest BCUT2D eigenvalue weighted by Crippen LogP contribution is -2.13. The lowest BCUT2D eigenvalue weighted by Gasteiger charge is -2.15. The van der Waals surface area contributed by atoms with Gasteiger partial charge in [-0.15, -0.1) is 0 Å². The molecule has 0 fully saturated rings. The number of nitrogens with one attached hydrogen (secondary N) is 1. The molecule has 4 heteroatoms. The molecule has 0 aliphatic rings. The molecule has 0 bridgehead atoms. The van der Waals surface area contributed by atoms with E-state index in [1.165, 1.54) is 0 Å². The number of aryl methyl sites for hydroxylation is 1. The standard InChI is InChI=1S/C12H21N3O/c1-5-11(16-6-2)12-14-9(3)7-10(15-12)8-13-4/h7,11,13H,5-6,8H2,1-4H3. The van der Waals surface area contributed by atoms with E-state index in [0.717, 1.165) is 30.2 Å². The molecule has 1 atom stereocenters. The van der Waals surface area contributed by atoms with Crippen molar-refractivity contribution in [3.05, 3.63) is 23.3 Å². The topological polar surface area (TPSA) is 47.0 Å². The Morgan fingerprint density at radius 1 is 1.38 bits per heavy atom. The van der Waals surface area contributed by atoms with E-state index in [2.05, 4.69) is 22.2 Å². The summed E-state index contributed by atoms with van der Waals surface area (Å²) in [6.07, 6.45) is 0.913. The van der Waals surface area contributed by atoms with Crippen molar-refractivity contribution in [3.8, 4) is 0 Å². The fourth-order valence-corrected chi connectivity index (χ4v) is 1.65. The maximum absolute atomic E-state index is 5.62. The first-order chi connectivity index (χ1) is 7.71. The second-order valence-corrected chi connectivity index (χ2v) is 3.74. The third kappa shape index (κ3) is 3.54. The van der Waals surface area contributed by atoms with Crippen LogP contribution in [-0.2, 0) is 11.3 Å². The predicted molar refractivity (Wildman–Crippen MR) is 64.2 cm³/mol. The van der Waals surface area contributed by atoms with E-state index in [9.17, 15) is 0 Å². The largest absolute Gasteiger partial charge is 0.371 e. The molecule has 0 saturated carbocycles. The Morgan fingerprint density at radius 2 is 2.12 bits per heavy atom. The molecule has 90 valence electrons. The Hall–Kier alpha value is -1.00. The molecule has 0 aliphatic carbocycles. The number of ether oxygens (including phenoxy) is 1. The number of rotatable bonds is 6. The van der Waals surface area contributed by atoms with Crippen LogP contribution in [0.15, 0.2) is 6.07 Å². The van der Waals surface area contributed by atoms with Gasteiger partial charge >= 0.3 is 0 Å². The highest BCUT2D eigenvalue weighted by Crippen LogP contribution is 2.17. The Morgan fingerprint density at radius 3 is 2.69 bits per heavy atom. The molecular formula is C12H21N3O. The second-order valence-electron chi connectivity index (χ2n) is 3.74. The summed E-state index contributed by atoms with van der Waals surface area (Å²) in [4.78, 5) is 8.96. The van der Waals surface area contributed by atoms with Gasteiger partial charge in [0.05, 0.1) is 5.69 Å². The summed E-state index contributed by atoms with van der Waals surface area (Å²) >= 11 is 0. The van der Waals surface area contributed by atoms with Gasteiger partial charge in [-0.2, -0.15) is 0 Å². The molecule has 0 spiro atoms. The normalized spacial score (nSPS) is 12.8. The minimum atomic E-state index is 0.0144. The zero-order valence-corrected chi connectivity index (χ0v) is 10.6. The second kappa shape index (κ2) is 6.55. The monoisotopic (exact) mass is 223 g/mol. The van der Waals surface area contributed by atoms with Crippen LogP contribution in [0.2, 0.25) is 0 Å². The van der Waals surface area contributed by atoms with Gasteiger partial charge in [0.1, 0.15) is 6.10 Å². The summed E-state index contributed by atoms with van der Waals surface area (Å²) in [5.41, 5.74) is 2.01. The SMILES string of the molecule is CCOC(CC)c1nc(C)cc(CNC)n1. The predicted octanol–water partition coefficient (Wildman–Crippen LogP) is 1.99. The van der Waals surface area contributed by atoms with Crippen LogP contribution < -0.4 is 5.32 Å². The Bertz CT molecular complexity index is 328. The first kappa shape index (κ1) is 13.1. The highest BCUT2D eigenvalue weighted by atomic mass is 16.5. The zero-order chi connectivity index (χ0) is 12.0. The molecule has 0 aromatic carbocycles. The fourth-order valence-electron chi connectivity index (χ4n) is 1.65. The average Bonchev–Trinajstić information content (AvgIpc) is 2.25. The fraction of sp³-hybridized carbons (Fsp3) is 0.667. The molecule has 0 radical (unpaired) electrons. The first-order valence-corrected chi connectivity index (χ1v) is 5.81. The molecule has 1 aromatic rings. The van der Waals surface area contributed by atoms with E-state index in [1.807, 2.05) is 27.0 Å². The summed E-state index contributed by atoms with van der Waals surface area (Å²) in [5.74, 6) is 0.801. The van der Waals surface area contributed by atoms with Crippen LogP contribution in [0.25, 0.3) is 0 Å². The third-order valence-corrected chi connectivity index (χ3v) is 2.31. The third-order valence-electron chi connectivity index (χ3n) is 2.31. The van der Waals surface area contributed by atoms with Crippen molar-refractivity contribution in [3.63, 3.8) is 0 Å². The summed E-state index contributed by atoms with van der Waals surface area (Å²) in [6.45, 7) is 7.52. The van der Waals surface area contributed by atoms with E-state index >= 15 is 0 Å². The molecule has 1 heterocycles. The van der Waals surface area contributed by atoms with E-state index in [1.54, 1.807) is 0 Å². The van der Waals surface area contributed by atoms with Crippen molar-refractivity contribution in [1.82, 2.24) is 15.3 Å². The van der Waals surface area contributed by atoms with Gasteiger partial charge in [0.15, 0.2) is 5.82 Å². The van der Waals surface area contributed by atoms with E-state index < -0.39 is 0 Å². The van der Waals surface area contributed by atoms with Gasteiger partial charge in [0.2, 0.25) is 0 Å². The molecule has 1 N–H and O–H groups in total. The number of hydrogen-bond acceptors (Lipinski definition) is 4. The van der Waals surface area contributed by atoms with Gasteiger partial charge < -0.3 is 10.1 Å². The van der Waals surface area contributed by atoms with Crippen LogP contribution in [0, 0.1) is 6.92 Å². The van der Waals surface area contributed by atoms with Gasteiger partial charge in [-0.25, -0.2) is 9.97 Å². The molecule has 16 heavy (non-hydrogen) atoms. The minimum Gasteiger partial charge on any atom is -0.371 e. The summed E-state index contributed by atoms with van der Waals surface area (Å²) in [7, 11) is 1.91.